The van der Waals surface area contributed by atoms with Crippen LogP contribution < -0.4 is 10.2 Å². The van der Waals surface area contributed by atoms with Crippen molar-refractivity contribution in [1.29, 1.82) is 0 Å². The molecule has 1 saturated heterocycles. The second kappa shape index (κ2) is 6.10. The molecule has 1 aliphatic carbocycles. The predicted molar refractivity (Wildman–Crippen MR) is 81.1 cm³/mol. The summed E-state index contributed by atoms with van der Waals surface area (Å²) in [5.74, 6) is 1.12. The van der Waals surface area contributed by atoms with Crippen molar-refractivity contribution in [2.45, 2.75) is 51.3 Å². The Bertz CT molecular complexity index is 451. The topological polar surface area (TPSA) is 37.4 Å². The lowest BCUT2D eigenvalue weighted by Crippen LogP contribution is -2.49. The first-order chi connectivity index (χ1) is 9.79. The number of morpholine rings is 1. The zero-order valence-electron chi connectivity index (χ0n) is 12.5. The molecule has 0 spiro atoms. The molecule has 2 fully saturated rings. The predicted octanol–water partition coefficient (Wildman–Crippen LogP) is 2.51. The van der Waals surface area contributed by atoms with Crippen molar-refractivity contribution in [2.75, 3.05) is 24.6 Å². The Kier molecular flexibility index (Phi) is 4.22. The molecule has 0 radical (unpaired) electrons. The maximum absolute atomic E-state index is 5.89. The number of ether oxygens (including phenoxy) is 1. The van der Waals surface area contributed by atoms with E-state index in [1.165, 1.54) is 24.8 Å². The van der Waals surface area contributed by atoms with Crippen molar-refractivity contribution >= 4 is 5.82 Å². The normalized spacial score (nSPS) is 27.4. The van der Waals surface area contributed by atoms with E-state index in [9.17, 15) is 0 Å². The molecule has 1 saturated carbocycles. The van der Waals surface area contributed by atoms with Crippen LogP contribution >= 0.6 is 0 Å². The average molecular weight is 275 g/mol. The van der Waals surface area contributed by atoms with Gasteiger partial charge in [0.1, 0.15) is 5.82 Å². The number of nitrogens with one attached hydrogen (secondary N) is 1. The van der Waals surface area contributed by atoms with Crippen LogP contribution in [-0.4, -0.2) is 36.8 Å². The van der Waals surface area contributed by atoms with E-state index < -0.39 is 0 Å². The van der Waals surface area contributed by atoms with Crippen LogP contribution in [0.5, 0.6) is 0 Å². The number of rotatable bonds is 4. The van der Waals surface area contributed by atoms with Crippen molar-refractivity contribution in [3.8, 4) is 0 Å². The van der Waals surface area contributed by atoms with Gasteiger partial charge in [-0.05, 0) is 50.4 Å². The second-order valence-electron chi connectivity index (χ2n) is 5.83. The van der Waals surface area contributed by atoms with Gasteiger partial charge in [0, 0.05) is 18.8 Å². The summed E-state index contributed by atoms with van der Waals surface area (Å²) in [4.78, 5) is 7.07. The Hall–Kier alpha value is -1.13. The Morgan fingerprint density at radius 3 is 3.25 bits per heavy atom. The van der Waals surface area contributed by atoms with Crippen LogP contribution in [-0.2, 0) is 4.74 Å². The molecule has 1 N–H and O–H groups in total. The molecule has 2 heterocycles. The number of fused-ring (bicyclic) bond motifs is 1. The number of hydrogen-bond donors (Lipinski definition) is 1. The highest BCUT2D eigenvalue weighted by atomic mass is 16.5. The van der Waals surface area contributed by atoms with Crippen LogP contribution in [0.15, 0.2) is 18.3 Å². The van der Waals surface area contributed by atoms with E-state index in [1.807, 2.05) is 6.20 Å². The summed E-state index contributed by atoms with van der Waals surface area (Å²) < 4.78 is 5.89. The van der Waals surface area contributed by atoms with Gasteiger partial charge in [-0.25, -0.2) is 4.98 Å². The SMILES string of the molecule is CCNC(C)c1ccnc(N2CCOC3CCCC32)c1. The van der Waals surface area contributed by atoms with Crippen LogP contribution in [0.2, 0.25) is 0 Å². The van der Waals surface area contributed by atoms with Gasteiger partial charge < -0.3 is 15.0 Å². The molecule has 0 amide bonds. The summed E-state index contributed by atoms with van der Waals surface area (Å²) in [7, 11) is 0. The molecule has 2 aliphatic rings. The third kappa shape index (κ3) is 2.67. The highest BCUT2D eigenvalue weighted by Crippen LogP contribution is 2.32. The highest BCUT2D eigenvalue weighted by molar-refractivity contribution is 5.44. The summed E-state index contributed by atoms with van der Waals surface area (Å²) in [6, 6.07) is 5.26. The van der Waals surface area contributed by atoms with Gasteiger partial charge in [0.2, 0.25) is 0 Å². The molecule has 1 aliphatic heterocycles. The van der Waals surface area contributed by atoms with E-state index in [1.54, 1.807) is 0 Å². The van der Waals surface area contributed by atoms with Gasteiger partial charge in [0.25, 0.3) is 0 Å². The summed E-state index contributed by atoms with van der Waals surface area (Å²) in [5.41, 5.74) is 1.32. The van der Waals surface area contributed by atoms with Gasteiger partial charge in [-0.1, -0.05) is 6.92 Å². The lowest BCUT2D eigenvalue weighted by molar-refractivity contribution is 0.0253. The van der Waals surface area contributed by atoms with Gasteiger partial charge in [0.05, 0.1) is 18.8 Å². The van der Waals surface area contributed by atoms with Crippen molar-refractivity contribution in [3.05, 3.63) is 23.9 Å². The van der Waals surface area contributed by atoms with Gasteiger partial charge in [0.15, 0.2) is 0 Å². The molecular weight excluding hydrogens is 250 g/mol. The fraction of sp³-hybridized carbons (Fsp3) is 0.688. The molecule has 20 heavy (non-hydrogen) atoms. The van der Waals surface area contributed by atoms with E-state index >= 15 is 0 Å². The van der Waals surface area contributed by atoms with E-state index in [2.05, 4.69) is 41.2 Å². The number of anilines is 1. The second-order valence-corrected chi connectivity index (χ2v) is 5.83. The summed E-state index contributed by atoms with van der Waals surface area (Å²) in [6.07, 6.45) is 6.08. The van der Waals surface area contributed by atoms with Crippen molar-refractivity contribution in [3.63, 3.8) is 0 Å². The summed E-state index contributed by atoms with van der Waals surface area (Å²) >= 11 is 0. The number of hydrogen-bond acceptors (Lipinski definition) is 4. The lowest BCUT2D eigenvalue weighted by atomic mass is 10.1. The molecule has 4 heteroatoms. The maximum Gasteiger partial charge on any atom is 0.129 e. The Morgan fingerprint density at radius 2 is 2.40 bits per heavy atom. The van der Waals surface area contributed by atoms with Crippen LogP contribution in [0.1, 0.15) is 44.7 Å². The number of nitrogens with zero attached hydrogens (tertiary/aromatic N) is 2. The molecule has 4 nitrogen and oxygen atoms in total. The van der Waals surface area contributed by atoms with Gasteiger partial charge in [-0.2, -0.15) is 0 Å². The Balaban J connectivity index is 1.80. The van der Waals surface area contributed by atoms with Crippen LogP contribution in [0.4, 0.5) is 5.82 Å². The molecular formula is C16H25N3O. The molecule has 3 unspecified atom stereocenters. The smallest absolute Gasteiger partial charge is 0.129 e. The third-order valence-electron chi connectivity index (χ3n) is 4.56. The van der Waals surface area contributed by atoms with Crippen molar-refractivity contribution in [2.24, 2.45) is 0 Å². The Morgan fingerprint density at radius 1 is 1.50 bits per heavy atom. The van der Waals surface area contributed by atoms with E-state index in [0.717, 1.165) is 25.5 Å². The first-order valence-corrected chi connectivity index (χ1v) is 7.87. The molecule has 110 valence electrons. The summed E-state index contributed by atoms with van der Waals surface area (Å²) in [5, 5.41) is 3.47. The Labute approximate surface area is 121 Å². The van der Waals surface area contributed by atoms with E-state index in [-0.39, 0.29) is 0 Å². The summed E-state index contributed by atoms with van der Waals surface area (Å²) in [6.45, 7) is 7.13. The quantitative estimate of drug-likeness (QED) is 0.916. The standard InChI is InChI=1S/C16H25N3O/c1-3-17-12(2)13-7-8-18-16(11-13)19-9-10-20-15-6-4-5-14(15)19/h7-8,11-12,14-15,17H,3-6,9-10H2,1-2H3. The molecule has 0 bridgehead atoms. The molecule has 1 aromatic heterocycles. The number of aromatic nitrogens is 1. The van der Waals surface area contributed by atoms with Gasteiger partial charge >= 0.3 is 0 Å². The minimum absolute atomic E-state index is 0.377. The average Bonchev–Trinajstić information content (AvgIpc) is 2.96. The molecule has 3 atom stereocenters. The van der Waals surface area contributed by atoms with Crippen molar-refractivity contribution in [1.82, 2.24) is 10.3 Å². The maximum atomic E-state index is 5.89. The first kappa shape index (κ1) is 13.8. The van der Waals surface area contributed by atoms with Crippen LogP contribution in [0.3, 0.4) is 0 Å². The largest absolute Gasteiger partial charge is 0.374 e. The lowest BCUT2D eigenvalue weighted by Gasteiger charge is -2.38. The third-order valence-corrected chi connectivity index (χ3v) is 4.56. The van der Waals surface area contributed by atoms with Crippen LogP contribution in [0, 0.1) is 0 Å². The fourth-order valence-electron chi connectivity index (χ4n) is 3.49. The number of pyridine rings is 1. The monoisotopic (exact) mass is 275 g/mol. The minimum atomic E-state index is 0.377. The first-order valence-electron chi connectivity index (χ1n) is 7.87. The molecule has 0 aromatic carbocycles. The zero-order valence-corrected chi connectivity index (χ0v) is 12.5. The van der Waals surface area contributed by atoms with Gasteiger partial charge in [-0.3, -0.25) is 0 Å². The van der Waals surface area contributed by atoms with Crippen LogP contribution in [0.25, 0.3) is 0 Å². The zero-order chi connectivity index (χ0) is 13.9. The van der Waals surface area contributed by atoms with E-state index in [0.29, 0.717) is 18.2 Å². The highest BCUT2D eigenvalue weighted by Gasteiger charge is 2.36. The minimum Gasteiger partial charge on any atom is -0.374 e. The molecule has 1 aromatic rings. The van der Waals surface area contributed by atoms with Crippen molar-refractivity contribution < 1.29 is 4.74 Å². The van der Waals surface area contributed by atoms with Gasteiger partial charge in [-0.15, -0.1) is 0 Å². The van der Waals surface area contributed by atoms with E-state index in [4.69, 9.17) is 4.74 Å². The fourth-order valence-corrected chi connectivity index (χ4v) is 3.49. The molecule has 3 rings (SSSR count).